The molecule has 0 heterocycles. The first-order valence-electron chi connectivity index (χ1n) is 14.7. The summed E-state index contributed by atoms with van der Waals surface area (Å²) in [6.07, 6.45) is 26.9. The van der Waals surface area contributed by atoms with Gasteiger partial charge in [-0.2, -0.15) is 0 Å². The van der Waals surface area contributed by atoms with E-state index in [4.69, 9.17) is 18.5 Å². The van der Waals surface area contributed by atoms with Crippen molar-refractivity contribution < 1.29 is 47.2 Å². The van der Waals surface area contributed by atoms with Gasteiger partial charge in [0.25, 0.3) is 0 Å². The number of aliphatic hydroxyl groups is 1. The molecule has 0 spiro atoms. The fourth-order valence-corrected chi connectivity index (χ4v) is 3.86. The quantitative estimate of drug-likeness (QED) is 0.0452. The van der Waals surface area contributed by atoms with Gasteiger partial charge in [0, 0.05) is 13.3 Å². The topological polar surface area (TPSA) is 129 Å². The summed E-state index contributed by atoms with van der Waals surface area (Å²) in [7, 11) is 1.39. The van der Waals surface area contributed by atoms with Crippen molar-refractivity contribution in [2.24, 2.45) is 0 Å². The van der Waals surface area contributed by atoms with E-state index in [2.05, 4.69) is 25.2 Å². The molecule has 0 aliphatic heterocycles. The zero-order valence-electron chi connectivity index (χ0n) is 26.5. The predicted molar refractivity (Wildman–Crippen MR) is 170 cm³/mol. The normalized spacial score (nSPS) is 15.8. The highest BCUT2D eigenvalue weighted by Crippen LogP contribution is 2.43. The second kappa shape index (κ2) is 24.8. The van der Waals surface area contributed by atoms with Gasteiger partial charge in [0.05, 0.1) is 33.9 Å². The Hall–Kier alpha value is -2.59. The molecule has 0 saturated heterocycles. The maximum atomic E-state index is 12.1. The monoisotopic (exact) mass is 626 g/mol. The van der Waals surface area contributed by atoms with Crippen molar-refractivity contribution in [1.82, 2.24) is 0 Å². The Kier molecular flexibility index (Phi) is 23.3. The Balaban J connectivity index is 4.15. The minimum Gasteiger partial charge on any atom is -0.462 e. The first-order valence-corrected chi connectivity index (χ1v) is 16.2. The predicted octanol–water partition coefficient (Wildman–Crippen LogP) is 5.75. The number of carbonyl (C=O) groups is 2. The van der Waals surface area contributed by atoms with Crippen molar-refractivity contribution in [2.45, 2.75) is 71.0 Å². The molecule has 11 heteroatoms. The lowest BCUT2D eigenvalue weighted by molar-refractivity contribution is -0.870. The Morgan fingerprint density at radius 1 is 0.860 bits per heavy atom. The van der Waals surface area contributed by atoms with E-state index in [1.54, 1.807) is 6.08 Å². The zero-order valence-corrected chi connectivity index (χ0v) is 27.4. The van der Waals surface area contributed by atoms with Crippen LogP contribution >= 0.6 is 7.82 Å². The highest BCUT2D eigenvalue weighted by Gasteiger charge is 2.26. The lowest BCUT2D eigenvalue weighted by Crippen LogP contribution is -2.37. The Morgan fingerprint density at radius 3 is 2.09 bits per heavy atom. The first kappa shape index (κ1) is 40.4. The number of ether oxygens (including phenoxy) is 2. The second-order valence-electron chi connectivity index (χ2n) is 10.7. The molecule has 0 saturated carbocycles. The van der Waals surface area contributed by atoms with Crippen LogP contribution in [0.1, 0.15) is 58.8 Å². The van der Waals surface area contributed by atoms with Crippen molar-refractivity contribution in [3.05, 3.63) is 72.9 Å². The summed E-state index contributed by atoms with van der Waals surface area (Å²) < 4.78 is 32.6. The summed E-state index contributed by atoms with van der Waals surface area (Å²) in [6, 6.07) is 0. The van der Waals surface area contributed by atoms with Gasteiger partial charge in [0.15, 0.2) is 6.10 Å². The number of likely N-dealkylation sites (N-methyl/N-ethyl adjacent to an activating group) is 1. The maximum Gasteiger partial charge on any atom is 0.472 e. The molecule has 2 N–H and O–H groups in total. The number of nitrogens with zero attached hydrogens (tertiary/aromatic N) is 1. The van der Waals surface area contributed by atoms with Gasteiger partial charge < -0.3 is 24.0 Å². The number of hydrogen-bond acceptors (Lipinski definition) is 8. The van der Waals surface area contributed by atoms with Crippen LogP contribution in [0, 0.1) is 0 Å². The van der Waals surface area contributed by atoms with E-state index in [9.17, 15) is 24.2 Å². The van der Waals surface area contributed by atoms with Gasteiger partial charge in [0.1, 0.15) is 19.8 Å². The first-order chi connectivity index (χ1) is 20.3. The smallest absolute Gasteiger partial charge is 0.462 e. The average Bonchev–Trinajstić information content (AvgIpc) is 2.91. The molecule has 0 aliphatic carbocycles. The number of quaternary nitrogens is 1. The Bertz CT molecular complexity index is 993. The van der Waals surface area contributed by atoms with Gasteiger partial charge in [-0.15, -0.1) is 0 Å². The van der Waals surface area contributed by atoms with Crippen LogP contribution in [0.25, 0.3) is 0 Å². The molecule has 3 atom stereocenters. The Labute approximate surface area is 258 Å². The van der Waals surface area contributed by atoms with Crippen molar-refractivity contribution in [2.75, 3.05) is 47.5 Å². The van der Waals surface area contributed by atoms with Gasteiger partial charge in [-0.3, -0.25) is 18.6 Å². The zero-order chi connectivity index (χ0) is 32.4. The second-order valence-corrected chi connectivity index (χ2v) is 12.1. The van der Waals surface area contributed by atoms with Crippen LogP contribution in [-0.2, 0) is 32.7 Å². The van der Waals surface area contributed by atoms with Gasteiger partial charge in [-0.25, -0.2) is 4.57 Å². The van der Waals surface area contributed by atoms with E-state index in [1.807, 2.05) is 69.8 Å². The highest BCUT2D eigenvalue weighted by molar-refractivity contribution is 7.47. The molecule has 0 rings (SSSR count). The van der Waals surface area contributed by atoms with E-state index in [0.717, 1.165) is 25.7 Å². The molecule has 0 bridgehead atoms. The molecule has 10 nitrogen and oxygen atoms in total. The number of hydrogen-bond donors (Lipinski definition) is 2. The molecule has 0 aromatic rings. The third kappa shape index (κ3) is 29.3. The number of phosphoric acid groups is 1. The standard InChI is InChI=1S/C32H52NO9P/c1-6-7-19-22-30(35)23-20-17-15-13-11-9-8-10-12-14-16-18-21-24-32(36)39-27-31(42-29(2)34)28-41-43(37,38)40-26-25-33(3,4)5/h7,9-12,15-20,23,30-31,35H,6,8,13-14,21-22,24-28H2,1-5H3/p+1/b11-9-,12-10-,17-15+,18-16-,19-7-,23-20+/t30?,31-/m1/s1. The largest absolute Gasteiger partial charge is 0.472 e. The number of esters is 2. The summed E-state index contributed by atoms with van der Waals surface area (Å²) >= 11 is 0. The van der Waals surface area contributed by atoms with Crippen LogP contribution in [0.15, 0.2) is 72.9 Å². The van der Waals surface area contributed by atoms with Crippen molar-refractivity contribution in [3.63, 3.8) is 0 Å². The molecule has 0 radical (unpaired) electrons. The SMILES string of the molecule is CC/C=C\CC(O)/C=C/C=C/C/C=C\C/C=C\C/C=C\CCC(=O)OC[C@H](COP(=O)(O)OCC[N+](C)(C)C)OC(C)=O. The summed E-state index contributed by atoms with van der Waals surface area (Å²) in [6.45, 7) is 2.98. The third-order valence-corrected chi connectivity index (χ3v) is 6.38. The van der Waals surface area contributed by atoms with E-state index < -0.39 is 38.6 Å². The fourth-order valence-electron chi connectivity index (χ4n) is 3.12. The van der Waals surface area contributed by atoms with Crippen LogP contribution in [0.2, 0.25) is 0 Å². The van der Waals surface area contributed by atoms with Gasteiger partial charge >= 0.3 is 19.8 Å². The van der Waals surface area contributed by atoms with Crippen molar-refractivity contribution >= 4 is 19.8 Å². The van der Waals surface area contributed by atoms with Crippen LogP contribution in [0.5, 0.6) is 0 Å². The van der Waals surface area contributed by atoms with Crippen LogP contribution in [0.3, 0.4) is 0 Å². The molecule has 2 unspecified atom stereocenters. The molecular formula is C32H53NO9P+. The number of aliphatic hydroxyl groups excluding tert-OH is 1. The number of rotatable bonds is 24. The van der Waals surface area contributed by atoms with Crippen molar-refractivity contribution in [1.29, 1.82) is 0 Å². The molecule has 0 aromatic carbocycles. The summed E-state index contributed by atoms with van der Waals surface area (Å²) in [5, 5.41) is 9.77. The number of phosphoric ester groups is 1. The molecular weight excluding hydrogens is 573 g/mol. The Morgan fingerprint density at radius 2 is 1.49 bits per heavy atom. The van der Waals surface area contributed by atoms with E-state index in [1.165, 1.54) is 6.92 Å². The molecule has 0 fully saturated rings. The minimum absolute atomic E-state index is 0.00645. The minimum atomic E-state index is -4.35. The molecule has 0 amide bonds. The lowest BCUT2D eigenvalue weighted by atomic mass is 10.2. The number of allylic oxidation sites excluding steroid dienone is 10. The molecule has 244 valence electrons. The highest BCUT2D eigenvalue weighted by atomic mass is 31.2. The molecule has 0 aliphatic rings. The maximum absolute atomic E-state index is 12.1. The number of carbonyl (C=O) groups excluding carboxylic acids is 2. The summed E-state index contributed by atoms with van der Waals surface area (Å²) in [5.41, 5.74) is 0. The molecule has 43 heavy (non-hydrogen) atoms. The lowest BCUT2D eigenvalue weighted by Gasteiger charge is -2.24. The third-order valence-electron chi connectivity index (χ3n) is 5.39. The van der Waals surface area contributed by atoms with Gasteiger partial charge in [-0.1, -0.05) is 79.8 Å². The van der Waals surface area contributed by atoms with E-state index in [-0.39, 0.29) is 19.6 Å². The van der Waals surface area contributed by atoms with Gasteiger partial charge in [0.2, 0.25) is 0 Å². The molecule has 0 aromatic heterocycles. The summed E-state index contributed by atoms with van der Waals surface area (Å²) in [5.74, 6) is -1.12. The van der Waals surface area contributed by atoms with Crippen LogP contribution < -0.4 is 0 Å². The fraction of sp³-hybridized carbons (Fsp3) is 0.562. The van der Waals surface area contributed by atoms with E-state index in [0.29, 0.717) is 23.9 Å². The average molecular weight is 627 g/mol. The van der Waals surface area contributed by atoms with E-state index >= 15 is 0 Å². The van der Waals surface area contributed by atoms with Crippen LogP contribution in [0.4, 0.5) is 0 Å². The van der Waals surface area contributed by atoms with Crippen molar-refractivity contribution in [3.8, 4) is 0 Å². The van der Waals surface area contributed by atoms with Gasteiger partial charge in [-0.05, 0) is 38.5 Å². The summed E-state index contributed by atoms with van der Waals surface area (Å²) in [4.78, 5) is 33.2. The van der Waals surface area contributed by atoms with Crippen LogP contribution in [-0.4, -0.2) is 86.1 Å².